The molecule has 0 atom stereocenters. The number of fused-ring (bicyclic) bond motifs is 3. The molecule has 7 heteroatoms. The van der Waals surface area contributed by atoms with Gasteiger partial charge in [0.05, 0.1) is 5.39 Å². The summed E-state index contributed by atoms with van der Waals surface area (Å²) in [6.07, 6.45) is 4.89. The SMILES string of the molecule is CCN(Cc1cccc(F)c1)C(=O)CCc1nc2sc3c(c2c(=O)[nH]1)CCCC3. The molecule has 0 unspecified atom stereocenters. The van der Waals surface area contributed by atoms with Gasteiger partial charge in [-0.1, -0.05) is 12.1 Å². The number of halogens is 1. The number of carbonyl (C=O) groups excluding carboxylic acids is 1. The number of aryl methyl sites for hydroxylation is 3. The Hall–Kier alpha value is -2.54. The predicted octanol–water partition coefficient (Wildman–Crippen LogP) is 3.98. The normalized spacial score (nSPS) is 13.4. The highest BCUT2D eigenvalue weighted by atomic mass is 32.1. The fourth-order valence-electron chi connectivity index (χ4n) is 3.94. The van der Waals surface area contributed by atoms with Crippen LogP contribution in [0, 0.1) is 5.82 Å². The van der Waals surface area contributed by atoms with Crippen LogP contribution in [-0.2, 0) is 30.6 Å². The molecule has 0 bridgehead atoms. The van der Waals surface area contributed by atoms with Crippen LogP contribution in [-0.4, -0.2) is 27.3 Å². The zero-order valence-corrected chi connectivity index (χ0v) is 17.3. The number of aromatic nitrogens is 2. The maximum Gasteiger partial charge on any atom is 0.259 e. The third kappa shape index (κ3) is 4.24. The number of nitrogens with zero attached hydrogens (tertiary/aromatic N) is 2. The Morgan fingerprint density at radius 2 is 2.14 bits per heavy atom. The molecule has 1 aromatic carbocycles. The van der Waals surface area contributed by atoms with Gasteiger partial charge < -0.3 is 9.88 Å². The second kappa shape index (κ2) is 8.45. The molecule has 1 aliphatic carbocycles. The molecule has 2 heterocycles. The number of rotatable bonds is 6. The van der Waals surface area contributed by atoms with Crippen LogP contribution in [0.2, 0.25) is 0 Å². The summed E-state index contributed by atoms with van der Waals surface area (Å²) in [7, 11) is 0. The van der Waals surface area contributed by atoms with Crippen molar-refractivity contribution >= 4 is 27.5 Å². The van der Waals surface area contributed by atoms with E-state index >= 15 is 0 Å². The molecule has 0 radical (unpaired) electrons. The Bertz CT molecular complexity index is 1110. The molecule has 0 spiro atoms. The molecular formula is C22H24FN3O2S. The molecule has 5 nitrogen and oxygen atoms in total. The summed E-state index contributed by atoms with van der Waals surface area (Å²) in [5, 5.41) is 0.737. The van der Waals surface area contributed by atoms with Gasteiger partial charge in [-0.2, -0.15) is 0 Å². The lowest BCUT2D eigenvalue weighted by Gasteiger charge is -2.21. The van der Waals surface area contributed by atoms with Crippen LogP contribution in [0.5, 0.6) is 0 Å². The number of H-pyrrole nitrogens is 1. The number of hydrogen-bond acceptors (Lipinski definition) is 4. The molecular weight excluding hydrogens is 389 g/mol. The molecule has 0 saturated heterocycles. The third-order valence-electron chi connectivity index (χ3n) is 5.45. The van der Waals surface area contributed by atoms with Gasteiger partial charge in [-0.15, -0.1) is 11.3 Å². The molecule has 3 aromatic rings. The Morgan fingerprint density at radius 3 is 2.93 bits per heavy atom. The van der Waals surface area contributed by atoms with E-state index in [0.29, 0.717) is 25.3 Å². The summed E-state index contributed by atoms with van der Waals surface area (Å²) in [5.41, 5.74) is 1.83. The smallest absolute Gasteiger partial charge is 0.259 e. The van der Waals surface area contributed by atoms with Gasteiger partial charge in [-0.25, -0.2) is 9.37 Å². The van der Waals surface area contributed by atoms with E-state index in [1.807, 2.05) is 13.0 Å². The van der Waals surface area contributed by atoms with Crippen molar-refractivity contribution in [2.45, 2.75) is 52.0 Å². The van der Waals surface area contributed by atoms with Crippen LogP contribution in [0.4, 0.5) is 4.39 Å². The van der Waals surface area contributed by atoms with Crippen molar-refractivity contribution < 1.29 is 9.18 Å². The van der Waals surface area contributed by atoms with Gasteiger partial charge in [0.15, 0.2) is 0 Å². The summed E-state index contributed by atoms with van der Waals surface area (Å²) in [5.74, 6) is 0.209. The number of nitrogens with one attached hydrogen (secondary N) is 1. The maximum atomic E-state index is 13.4. The Morgan fingerprint density at radius 1 is 1.31 bits per heavy atom. The molecule has 1 aliphatic rings. The van der Waals surface area contributed by atoms with Crippen LogP contribution in [0.25, 0.3) is 10.2 Å². The van der Waals surface area contributed by atoms with Gasteiger partial charge in [0, 0.05) is 30.8 Å². The minimum absolute atomic E-state index is 0.0371. The predicted molar refractivity (Wildman–Crippen MR) is 113 cm³/mol. The summed E-state index contributed by atoms with van der Waals surface area (Å²) < 4.78 is 13.4. The lowest BCUT2D eigenvalue weighted by atomic mass is 9.97. The molecule has 0 saturated carbocycles. The number of thiophene rings is 1. The number of benzene rings is 1. The minimum Gasteiger partial charge on any atom is -0.339 e. The molecule has 0 fully saturated rings. The zero-order chi connectivity index (χ0) is 20.4. The van der Waals surface area contributed by atoms with Crippen molar-refractivity contribution in [2.24, 2.45) is 0 Å². The average molecular weight is 414 g/mol. The monoisotopic (exact) mass is 413 g/mol. The number of hydrogen-bond donors (Lipinski definition) is 1. The molecule has 29 heavy (non-hydrogen) atoms. The molecule has 0 aliphatic heterocycles. The van der Waals surface area contributed by atoms with E-state index in [0.717, 1.165) is 41.5 Å². The average Bonchev–Trinajstić information content (AvgIpc) is 3.09. The standard InChI is InChI=1S/C22H24FN3O2S/c1-2-26(13-14-6-5-7-15(23)12-14)19(27)11-10-18-24-21(28)20-16-8-3-4-9-17(16)29-22(20)25-18/h5-7,12H,2-4,8-11,13H2,1H3,(H,24,25,28). The quantitative estimate of drug-likeness (QED) is 0.665. The van der Waals surface area contributed by atoms with Gasteiger partial charge in [0.1, 0.15) is 16.5 Å². The Kier molecular flexibility index (Phi) is 5.76. The summed E-state index contributed by atoms with van der Waals surface area (Å²) in [4.78, 5) is 36.6. The largest absolute Gasteiger partial charge is 0.339 e. The Labute approximate surface area is 172 Å². The van der Waals surface area contributed by atoms with E-state index < -0.39 is 0 Å². The van der Waals surface area contributed by atoms with Crippen LogP contribution in [0.15, 0.2) is 29.1 Å². The topological polar surface area (TPSA) is 66.1 Å². The number of amides is 1. The van der Waals surface area contributed by atoms with E-state index in [2.05, 4.69) is 9.97 Å². The first kappa shape index (κ1) is 19.8. The van der Waals surface area contributed by atoms with E-state index in [1.54, 1.807) is 22.3 Å². The fraction of sp³-hybridized carbons (Fsp3) is 0.409. The first-order chi connectivity index (χ1) is 14.0. The number of carbonyl (C=O) groups is 1. The molecule has 152 valence electrons. The lowest BCUT2D eigenvalue weighted by molar-refractivity contribution is -0.131. The molecule has 1 amide bonds. The second-order valence-electron chi connectivity index (χ2n) is 7.44. The second-order valence-corrected chi connectivity index (χ2v) is 8.53. The van der Waals surface area contributed by atoms with Crippen LogP contribution in [0.3, 0.4) is 0 Å². The van der Waals surface area contributed by atoms with E-state index in [9.17, 15) is 14.0 Å². The van der Waals surface area contributed by atoms with Gasteiger partial charge in [-0.3, -0.25) is 9.59 Å². The van der Waals surface area contributed by atoms with E-state index in [1.165, 1.54) is 22.6 Å². The van der Waals surface area contributed by atoms with Crippen LogP contribution >= 0.6 is 11.3 Å². The molecule has 4 rings (SSSR count). The first-order valence-corrected chi connectivity index (χ1v) is 10.9. The van der Waals surface area contributed by atoms with Crippen molar-refractivity contribution in [3.05, 3.63) is 62.3 Å². The highest BCUT2D eigenvalue weighted by Gasteiger charge is 2.20. The number of aromatic amines is 1. The molecule has 2 aromatic heterocycles. The zero-order valence-electron chi connectivity index (χ0n) is 16.5. The van der Waals surface area contributed by atoms with Crippen LogP contribution < -0.4 is 5.56 Å². The highest BCUT2D eigenvalue weighted by Crippen LogP contribution is 2.33. The van der Waals surface area contributed by atoms with Crippen molar-refractivity contribution in [3.8, 4) is 0 Å². The fourth-order valence-corrected chi connectivity index (χ4v) is 5.22. The summed E-state index contributed by atoms with van der Waals surface area (Å²) in [6.45, 7) is 2.81. The summed E-state index contributed by atoms with van der Waals surface area (Å²) in [6, 6.07) is 6.29. The maximum absolute atomic E-state index is 13.4. The van der Waals surface area contributed by atoms with Crippen molar-refractivity contribution in [1.82, 2.24) is 14.9 Å². The van der Waals surface area contributed by atoms with Crippen molar-refractivity contribution in [3.63, 3.8) is 0 Å². The summed E-state index contributed by atoms with van der Waals surface area (Å²) >= 11 is 1.61. The highest BCUT2D eigenvalue weighted by molar-refractivity contribution is 7.18. The van der Waals surface area contributed by atoms with Crippen molar-refractivity contribution in [2.75, 3.05) is 6.54 Å². The lowest BCUT2D eigenvalue weighted by Crippen LogP contribution is -2.30. The van der Waals surface area contributed by atoms with Gasteiger partial charge in [0.2, 0.25) is 5.91 Å². The van der Waals surface area contributed by atoms with Gasteiger partial charge >= 0.3 is 0 Å². The van der Waals surface area contributed by atoms with Crippen LogP contribution in [0.1, 0.15) is 48.0 Å². The van der Waals surface area contributed by atoms with E-state index in [-0.39, 0.29) is 23.7 Å². The molecule has 1 N–H and O–H groups in total. The minimum atomic E-state index is -0.306. The van der Waals surface area contributed by atoms with Gasteiger partial charge in [0.25, 0.3) is 5.56 Å². The van der Waals surface area contributed by atoms with Gasteiger partial charge in [-0.05, 0) is 55.9 Å². The first-order valence-electron chi connectivity index (χ1n) is 10.1. The Balaban J connectivity index is 1.47. The third-order valence-corrected chi connectivity index (χ3v) is 6.63. The van der Waals surface area contributed by atoms with Crippen molar-refractivity contribution in [1.29, 1.82) is 0 Å². The van der Waals surface area contributed by atoms with E-state index in [4.69, 9.17) is 0 Å².